The molecule has 0 radical (unpaired) electrons. The van der Waals surface area contributed by atoms with Crippen LogP contribution in [0, 0.1) is 0 Å². The third kappa shape index (κ3) is 2.49. The van der Waals surface area contributed by atoms with Crippen molar-refractivity contribution in [3.8, 4) is 17.0 Å². The SMILES string of the molecule is Oc1cncc(-c2cnc3c(N4CCC(O)CC4)nccn23)c1. The first-order valence-electron chi connectivity index (χ1n) is 7.62. The molecule has 0 spiro atoms. The lowest BCUT2D eigenvalue weighted by Crippen LogP contribution is -2.36. The molecule has 0 aliphatic carbocycles. The summed E-state index contributed by atoms with van der Waals surface area (Å²) in [6.45, 7) is 1.54. The first-order valence-corrected chi connectivity index (χ1v) is 7.62. The van der Waals surface area contributed by atoms with E-state index in [1.165, 1.54) is 6.20 Å². The Bertz CT molecular complexity index is 839. The van der Waals surface area contributed by atoms with Gasteiger partial charge in [-0.25, -0.2) is 9.97 Å². The van der Waals surface area contributed by atoms with E-state index < -0.39 is 0 Å². The highest BCUT2D eigenvalue weighted by Crippen LogP contribution is 2.27. The average Bonchev–Trinajstić information content (AvgIpc) is 3.00. The quantitative estimate of drug-likeness (QED) is 0.745. The number of aromatic hydroxyl groups is 1. The van der Waals surface area contributed by atoms with Crippen LogP contribution < -0.4 is 4.90 Å². The number of imidazole rings is 1. The van der Waals surface area contributed by atoms with Gasteiger partial charge in [-0.15, -0.1) is 0 Å². The van der Waals surface area contributed by atoms with Gasteiger partial charge in [0.05, 0.1) is 24.2 Å². The lowest BCUT2D eigenvalue weighted by molar-refractivity contribution is 0.145. The molecule has 0 aromatic carbocycles. The number of aromatic nitrogens is 4. The van der Waals surface area contributed by atoms with E-state index in [1.807, 2.05) is 10.6 Å². The molecule has 7 nitrogen and oxygen atoms in total. The molecule has 23 heavy (non-hydrogen) atoms. The second kappa shape index (κ2) is 5.51. The van der Waals surface area contributed by atoms with E-state index in [4.69, 9.17) is 0 Å². The van der Waals surface area contributed by atoms with E-state index in [2.05, 4.69) is 19.9 Å². The fraction of sp³-hybridized carbons (Fsp3) is 0.312. The van der Waals surface area contributed by atoms with Gasteiger partial charge in [0.15, 0.2) is 11.5 Å². The maximum atomic E-state index is 9.67. The Labute approximate surface area is 132 Å². The number of nitrogens with zero attached hydrogens (tertiary/aromatic N) is 5. The maximum absolute atomic E-state index is 9.67. The van der Waals surface area contributed by atoms with E-state index in [0.717, 1.165) is 48.7 Å². The molecular formula is C16H17N5O2. The molecule has 2 N–H and O–H groups in total. The molecule has 1 fully saturated rings. The van der Waals surface area contributed by atoms with Crippen LogP contribution in [-0.4, -0.2) is 48.8 Å². The van der Waals surface area contributed by atoms with E-state index >= 15 is 0 Å². The minimum atomic E-state index is -0.223. The van der Waals surface area contributed by atoms with E-state index in [1.54, 1.807) is 24.7 Å². The van der Waals surface area contributed by atoms with Crippen LogP contribution in [-0.2, 0) is 0 Å². The van der Waals surface area contributed by atoms with Crippen molar-refractivity contribution >= 4 is 11.5 Å². The van der Waals surface area contributed by atoms with Crippen molar-refractivity contribution in [1.29, 1.82) is 0 Å². The third-order valence-electron chi connectivity index (χ3n) is 4.19. The molecule has 118 valence electrons. The predicted molar refractivity (Wildman–Crippen MR) is 85.3 cm³/mol. The molecule has 1 saturated heterocycles. The minimum absolute atomic E-state index is 0.122. The number of hydrogen-bond acceptors (Lipinski definition) is 6. The number of anilines is 1. The second-order valence-electron chi connectivity index (χ2n) is 5.74. The van der Waals surface area contributed by atoms with Crippen LogP contribution in [0.15, 0.2) is 37.1 Å². The smallest absolute Gasteiger partial charge is 0.180 e. The standard InChI is InChI=1S/C16H17N5O2/c22-12-1-4-20(5-2-12)15-16-19-10-14(21(16)6-3-18-15)11-7-13(23)9-17-8-11/h3,6-10,12,22-23H,1-2,4-5H2. The Balaban J connectivity index is 1.78. The zero-order valence-electron chi connectivity index (χ0n) is 12.5. The fourth-order valence-corrected chi connectivity index (χ4v) is 2.99. The van der Waals surface area contributed by atoms with E-state index in [0.29, 0.717) is 0 Å². The summed E-state index contributed by atoms with van der Waals surface area (Å²) in [7, 11) is 0. The number of hydrogen-bond donors (Lipinski definition) is 2. The molecule has 0 amide bonds. The van der Waals surface area contributed by atoms with E-state index in [-0.39, 0.29) is 11.9 Å². The molecule has 3 aromatic rings. The van der Waals surface area contributed by atoms with Gasteiger partial charge in [-0.05, 0) is 18.9 Å². The van der Waals surface area contributed by atoms with Gasteiger partial charge in [0.1, 0.15) is 5.75 Å². The van der Waals surface area contributed by atoms with Crippen LogP contribution in [0.25, 0.3) is 16.9 Å². The predicted octanol–water partition coefficient (Wildman–Crippen LogP) is 1.46. The van der Waals surface area contributed by atoms with Crippen molar-refractivity contribution in [2.75, 3.05) is 18.0 Å². The van der Waals surface area contributed by atoms with Gasteiger partial charge in [0.25, 0.3) is 0 Å². The number of rotatable bonds is 2. The molecule has 4 rings (SSSR count). The van der Waals surface area contributed by atoms with Crippen LogP contribution in [0.3, 0.4) is 0 Å². The van der Waals surface area contributed by atoms with Gasteiger partial charge in [0.2, 0.25) is 0 Å². The van der Waals surface area contributed by atoms with Gasteiger partial charge in [-0.1, -0.05) is 0 Å². The second-order valence-corrected chi connectivity index (χ2v) is 5.74. The first kappa shape index (κ1) is 14.0. The average molecular weight is 311 g/mol. The monoisotopic (exact) mass is 311 g/mol. The molecule has 1 aliphatic heterocycles. The number of aliphatic hydroxyl groups is 1. The topological polar surface area (TPSA) is 86.8 Å². The van der Waals surface area contributed by atoms with Crippen molar-refractivity contribution in [2.45, 2.75) is 18.9 Å². The number of piperidine rings is 1. The van der Waals surface area contributed by atoms with E-state index in [9.17, 15) is 10.2 Å². The summed E-state index contributed by atoms with van der Waals surface area (Å²) in [4.78, 5) is 15.2. The molecular weight excluding hydrogens is 294 g/mol. The highest BCUT2D eigenvalue weighted by Gasteiger charge is 2.21. The van der Waals surface area contributed by atoms with Crippen molar-refractivity contribution in [3.05, 3.63) is 37.1 Å². The Morgan fingerprint density at radius 1 is 1.09 bits per heavy atom. The van der Waals surface area contributed by atoms with Gasteiger partial charge in [-0.3, -0.25) is 9.38 Å². The summed E-state index contributed by atoms with van der Waals surface area (Å²) in [5, 5.41) is 19.3. The zero-order chi connectivity index (χ0) is 15.8. The van der Waals surface area contributed by atoms with Crippen molar-refractivity contribution in [1.82, 2.24) is 19.4 Å². The van der Waals surface area contributed by atoms with Crippen LogP contribution in [0.5, 0.6) is 5.75 Å². The van der Waals surface area contributed by atoms with Gasteiger partial charge >= 0.3 is 0 Å². The zero-order valence-corrected chi connectivity index (χ0v) is 12.5. The van der Waals surface area contributed by atoms with Crippen molar-refractivity contribution < 1.29 is 10.2 Å². The first-order chi connectivity index (χ1) is 11.2. The molecule has 0 atom stereocenters. The largest absolute Gasteiger partial charge is 0.506 e. The van der Waals surface area contributed by atoms with Crippen LogP contribution in [0.2, 0.25) is 0 Å². The summed E-state index contributed by atoms with van der Waals surface area (Å²) in [6.07, 6.45) is 9.72. The summed E-state index contributed by atoms with van der Waals surface area (Å²) in [6, 6.07) is 1.66. The molecule has 1 aliphatic rings. The molecule has 0 saturated carbocycles. The van der Waals surface area contributed by atoms with Crippen molar-refractivity contribution in [2.24, 2.45) is 0 Å². The fourth-order valence-electron chi connectivity index (χ4n) is 2.99. The van der Waals surface area contributed by atoms with Crippen LogP contribution in [0.1, 0.15) is 12.8 Å². The van der Waals surface area contributed by atoms with Crippen LogP contribution >= 0.6 is 0 Å². The van der Waals surface area contributed by atoms with Gasteiger partial charge < -0.3 is 15.1 Å². The highest BCUT2D eigenvalue weighted by atomic mass is 16.3. The Kier molecular flexibility index (Phi) is 3.34. The summed E-state index contributed by atoms with van der Waals surface area (Å²) in [5.41, 5.74) is 2.41. The maximum Gasteiger partial charge on any atom is 0.180 e. The number of fused-ring (bicyclic) bond motifs is 1. The number of pyridine rings is 1. The molecule has 7 heteroatoms. The molecule has 0 unspecified atom stereocenters. The molecule has 0 bridgehead atoms. The Morgan fingerprint density at radius 2 is 1.91 bits per heavy atom. The van der Waals surface area contributed by atoms with Gasteiger partial charge in [-0.2, -0.15) is 0 Å². The summed E-state index contributed by atoms with van der Waals surface area (Å²) >= 11 is 0. The normalized spacial score (nSPS) is 16.1. The lowest BCUT2D eigenvalue weighted by Gasteiger charge is -2.30. The Hall–Kier alpha value is -2.67. The molecule has 3 aromatic heterocycles. The third-order valence-corrected chi connectivity index (χ3v) is 4.19. The van der Waals surface area contributed by atoms with Crippen LogP contribution in [0.4, 0.5) is 5.82 Å². The molecule has 4 heterocycles. The summed E-state index contributed by atoms with van der Waals surface area (Å²) in [5.74, 6) is 0.940. The number of aliphatic hydroxyl groups excluding tert-OH is 1. The van der Waals surface area contributed by atoms with Gasteiger partial charge in [0, 0.05) is 37.2 Å². The highest BCUT2D eigenvalue weighted by molar-refractivity contribution is 5.71. The Morgan fingerprint density at radius 3 is 2.70 bits per heavy atom. The lowest BCUT2D eigenvalue weighted by atomic mass is 10.1. The minimum Gasteiger partial charge on any atom is -0.506 e. The van der Waals surface area contributed by atoms with Crippen molar-refractivity contribution in [3.63, 3.8) is 0 Å². The summed E-state index contributed by atoms with van der Waals surface area (Å²) < 4.78 is 1.95.